The number of ether oxygens (including phenoxy) is 1. The number of pyridine rings is 2. The topological polar surface area (TPSA) is 78.8 Å². The molecule has 0 saturated heterocycles. The third-order valence-corrected chi connectivity index (χ3v) is 2.94. The molecule has 96 valence electrons. The summed E-state index contributed by atoms with van der Waals surface area (Å²) in [6.07, 6.45) is 5.13. The van der Waals surface area contributed by atoms with Crippen LogP contribution in [0.5, 0.6) is 5.75 Å². The summed E-state index contributed by atoms with van der Waals surface area (Å²) in [5.74, 6) is 0.630. The maximum Gasteiger partial charge on any atom is 0.157 e. The second-order valence-electron chi connectivity index (χ2n) is 4.22. The molecule has 19 heavy (non-hydrogen) atoms. The Bertz CT molecular complexity index is 750. The molecule has 0 aliphatic carbocycles. The summed E-state index contributed by atoms with van der Waals surface area (Å²) in [4.78, 5) is 8.70. The van der Waals surface area contributed by atoms with Gasteiger partial charge in [0.15, 0.2) is 5.65 Å². The number of anilines is 1. The molecule has 0 fully saturated rings. The molecule has 0 aliphatic rings. The van der Waals surface area contributed by atoms with Gasteiger partial charge >= 0.3 is 0 Å². The zero-order valence-electron chi connectivity index (χ0n) is 10.7. The Morgan fingerprint density at radius 1 is 1.16 bits per heavy atom. The van der Waals surface area contributed by atoms with Crippen molar-refractivity contribution in [3.8, 4) is 17.0 Å². The van der Waals surface area contributed by atoms with Crippen LogP contribution in [0.15, 0.2) is 30.7 Å². The molecule has 6 heteroatoms. The predicted molar refractivity (Wildman–Crippen MR) is 72.7 cm³/mol. The molecule has 6 nitrogen and oxygen atoms in total. The number of fused-ring (bicyclic) bond motifs is 1. The van der Waals surface area contributed by atoms with E-state index in [4.69, 9.17) is 10.5 Å². The second-order valence-corrected chi connectivity index (χ2v) is 4.22. The van der Waals surface area contributed by atoms with Crippen LogP contribution in [0.1, 0.15) is 0 Å². The van der Waals surface area contributed by atoms with Crippen LogP contribution >= 0.6 is 0 Å². The summed E-state index contributed by atoms with van der Waals surface area (Å²) in [7, 11) is 3.45. The summed E-state index contributed by atoms with van der Waals surface area (Å²) in [6, 6.07) is 3.73. The first kappa shape index (κ1) is 11.5. The van der Waals surface area contributed by atoms with Crippen molar-refractivity contribution >= 4 is 16.7 Å². The van der Waals surface area contributed by atoms with Gasteiger partial charge in [-0.3, -0.25) is 9.67 Å². The molecule has 0 bridgehead atoms. The van der Waals surface area contributed by atoms with Gasteiger partial charge in [0.05, 0.1) is 25.2 Å². The van der Waals surface area contributed by atoms with E-state index in [1.165, 1.54) is 0 Å². The van der Waals surface area contributed by atoms with Gasteiger partial charge in [-0.05, 0) is 6.07 Å². The van der Waals surface area contributed by atoms with Crippen LogP contribution in [-0.4, -0.2) is 26.9 Å². The van der Waals surface area contributed by atoms with Crippen molar-refractivity contribution in [2.75, 3.05) is 12.8 Å². The smallest absolute Gasteiger partial charge is 0.157 e. The molecule has 0 saturated carbocycles. The number of nitrogens with two attached hydrogens (primary N) is 1. The van der Waals surface area contributed by atoms with Crippen molar-refractivity contribution in [2.24, 2.45) is 7.05 Å². The highest BCUT2D eigenvalue weighted by atomic mass is 16.5. The first-order valence-electron chi connectivity index (χ1n) is 5.76. The van der Waals surface area contributed by atoms with Crippen molar-refractivity contribution in [3.05, 3.63) is 30.7 Å². The first-order valence-corrected chi connectivity index (χ1v) is 5.76. The minimum absolute atomic E-state index is 0.566. The molecule has 3 aromatic rings. The fourth-order valence-electron chi connectivity index (χ4n) is 2.01. The number of hydrogen-bond acceptors (Lipinski definition) is 5. The molecule has 2 N–H and O–H groups in total. The highest BCUT2D eigenvalue weighted by molar-refractivity contribution is 5.81. The Morgan fingerprint density at radius 2 is 2.00 bits per heavy atom. The van der Waals surface area contributed by atoms with Crippen molar-refractivity contribution < 1.29 is 4.74 Å². The molecule has 3 rings (SSSR count). The molecule has 0 aromatic carbocycles. The van der Waals surface area contributed by atoms with Crippen molar-refractivity contribution in [3.63, 3.8) is 0 Å². The lowest BCUT2D eigenvalue weighted by Crippen LogP contribution is -1.96. The third kappa shape index (κ3) is 1.87. The first-order chi connectivity index (χ1) is 9.19. The van der Waals surface area contributed by atoms with Crippen LogP contribution in [-0.2, 0) is 7.05 Å². The number of aromatic nitrogens is 4. The lowest BCUT2D eigenvalue weighted by molar-refractivity contribution is 0.415. The van der Waals surface area contributed by atoms with Gasteiger partial charge in [-0.15, -0.1) is 0 Å². The molecule has 0 radical (unpaired) electrons. The Hall–Kier alpha value is -2.63. The number of nitrogens with zero attached hydrogens (tertiary/aromatic N) is 4. The van der Waals surface area contributed by atoms with E-state index in [0.717, 1.165) is 22.3 Å². The average Bonchev–Trinajstić information content (AvgIpc) is 2.79. The van der Waals surface area contributed by atoms with E-state index in [-0.39, 0.29) is 0 Å². The summed E-state index contributed by atoms with van der Waals surface area (Å²) >= 11 is 0. The second kappa shape index (κ2) is 4.24. The van der Waals surface area contributed by atoms with Gasteiger partial charge in [0.1, 0.15) is 11.4 Å². The van der Waals surface area contributed by atoms with E-state index in [1.807, 2.05) is 13.1 Å². The normalized spacial score (nSPS) is 10.8. The lowest BCUT2D eigenvalue weighted by Gasteiger charge is -2.08. The van der Waals surface area contributed by atoms with E-state index in [0.29, 0.717) is 11.4 Å². The van der Waals surface area contributed by atoms with E-state index in [1.54, 1.807) is 36.4 Å². The van der Waals surface area contributed by atoms with Gasteiger partial charge in [0, 0.05) is 30.3 Å². The lowest BCUT2D eigenvalue weighted by atomic mass is 10.1. The summed E-state index contributed by atoms with van der Waals surface area (Å²) in [5, 5.41) is 5.13. The van der Waals surface area contributed by atoms with E-state index in [9.17, 15) is 0 Å². The number of nitrogen functional groups attached to an aromatic ring is 1. The zero-order valence-corrected chi connectivity index (χ0v) is 10.7. The van der Waals surface area contributed by atoms with Crippen molar-refractivity contribution in [1.82, 2.24) is 19.7 Å². The van der Waals surface area contributed by atoms with Crippen LogP contribution in [0, 0.1) is 0 Å². The van der Waals surface area contributed by atoms with Gasteiger partial charge in [-0.25, -0.2) is 4.98 Å². The largest absolute Gasteiger partial charge is 0.494 e. The summed E-state index contributed by atoms with van der Waals surface area (Å²) in [5.41, 5.74) is 8.69. The Balaban J connectivity index is 2.18. The number of rotatable bonds is 2. The van der Waals surface area contributed by atoms with Gasteiger partial charge in [-0.1, -0.05) is 0 Å². The minimum atomic E-state index is 0.566. The van der Waals surface area contributed by atoms with Gasteiger partial charge < -0.3 is 10.5 Å². The number of hydrogen-bond donors (Lipinski definition) is 1. The molecule has 3 heterocycles. The Labute approximate surface area is 109 Å². The van der Waals surface area contributed by atoms with E-state index >= 15 is 0 Å². The fraction of sp³-hybridized carbons (Fsp3) is 0.154. The highest BCUT2D eigenvalue weighted by Gasteiger charge is 2.10. The predicted octanol–water partition coefficient (Wildman–Crippen LogP) is 1.62. The van der Waals surface area contributed by atoms with Crippen molar-refractivity contribution in [2.45, 2.75) is 0 Å². The zero-order chi connectivity index (χ0) is 13.4. The van der Waals surface area contributed by atoms with Crippen LogP contribution in [0.25, 0.3) is 22.3 Å². The fourth-order valence-corrected chi connectivity index (χ4v) is 2.01. The van der Waals surface area contributed by atoms with Gasteiger partial charge in [-0.2, -0.15) is 5.10 Å². The average molecular weight is 255 g/mol. The maximum atomic E-state index is 5.70. The van der Waals surface area contributed by atoms with Crippen LogP contribution in [0.4, 0.5) is 5.69 Å². The molecule has 0 spiro atoms. The molecular weight excluding hydrogens is 242 g/mol. The molecule has 0 amide bonds. The quantitative estimate of drug-likeness (QED) is 0.752. The van der Waals surface area contributed by atoms with Gasteiger partial charge in [0.25, 0.3) is 0 Å². The van der Waals surface area contributed by atoms with E-state index in [2.05, 4.69) is 15.1 Å². The number of methoxy groups -OCH3 is 1. The summed E-state index contributed by atoms with van der Waals surface area (Å²) < 4.78 is 7.04. The highest BCUT2D eigenvalue weighted by Crippen LogP contribution is 2.30. The standard InChI is InChI=1S/C13H13N5O/c1-18-13-9(6-17-18)3-8(5-16-13)12-11(19-2)4-10(14)7-15-12/h3-7H,14H2,1-2H3. The summed E-state index contributed by atoms with van der Waals surface area (Å²) in [6.45, 7) is 0. The monoisotopic (exact) mass is 255 g/mol. The van der Waals surface area contributed by atoms with Crippen LogP contribution < -0.4 is 10.5 Å². The van der Waals surface area contributed by atoms with E-state index < -0.39 is 0 Å². The molecule has 0 unspecified atom stereocenters. The molecule has 0 aliphatic heterocycles. The SMILES string of the molecule is COc1cc(N)cnc1-c1cnc2c(cnn2C)c1. The third-order valence-electron chi connectivity index (χ3n) is 2.94. The minimum Gasteiger partial charge on any atom is -0.494 e. The molecular formula is C13H13N5O. The van der Waals surface area contributed by atoms with Crippen LogP contribution in [0.2, 0.25) is 0 Å². The maximum absolute atomic E-state index is 5.70. The Kier molecular flexibility index (Phi) is 2.56. The van der Waals surface area contributed by atoms with Gasteiger partial charge in [0.2, 0.25) is 0 Å². The Morgan fingerprint density at radius 3 is 2.79 bits per heavy atom. The molecule has 3 aromatic heterocycles. The van der Waals surface area contributed by atoms with Crippen molar-refractivity contribution in [1.29, 1.82) is 0 Å². The molecule has 0 atom stereocenters. The number of aryl methyl sites for hydroxylation is 1. The van der Waals surface area contributed by atoms with Crippen LogP contribution in [0.3, 0.4) is 0 Å².